The van der Waals surface area contributed by atoms with Gasteiger partial charge in [0.2, 0.25) is 0 Å². The zero-order valence-corrected chi connectivity index (χ0v) is 11.1. The van der Waals surface area contributed by atoms with E-state index in [1.807, 2.05) is 26.0 Å². The molecule has 1 atom stereocenters. The summed E-state index contributed by atoms with van der Waals surface area (Å²) < 4.78 is 0. The van der Waals surface area contributed by atoms with Crippen LogP contribution in [0.3, 0.4) is 0 Å². The van der Waals surface area contributed by atoms with Crippen LogP contribution in [0.15, 0.2) is 12.1 Å². The Morgan fingerprint density at radius 3 is 2.59 bits per heavy atom. The van der Waals surface area contributed by atoms with Crippen LogP contribution in [0, 0.1) is 19.8 Å². The van der Waals surface area contributed by atoms with E-state index in [2.05, 4.69) is 12.2 Å². The van der Waals surface area contributed by atoms with Gasteiger partial charge in [-0.05, 0) is 56.4 Å². The number of phenols is 1. The van der Waals surface area contributed by atoms with E-state index in [0.717, 1.165) is 22.7 Å². The first-order valence-corrected chi connectivity index (χ1v) is 6.63. The maximum Gasteiger partial charge on any atom is 0.118 e. The molecule has 0 amide bonds. The van der Waals surface area contributed by atoms with Gasteiger partial charge in [0, 0.05) is 11.7 Å². The third kappa shape index (κ3) is 2.93. The number of benzene rings is 1. The van der Waals surface area contributed by atoms with Crippen molar-refractivity contribution in [2.24, 2.45) is 5.92 Å². The van der Waals surface area contributed by atoms with Crippen molar-refractivity contribution in [3.63, 3.8) is 0 Å². The van der Waals surface area contributed by atoms with Gasteiger partial charge in [-0.15, -0.1) is 0 Å². The van der Waals surface area contributed by atoms with E-state index in [1.165, 1.54) is 25.7 Å². The molecule has 2 rings (SSSR count). The number of phenolic OH excluding ortho intramolecular Hbond substituents is 1. The summed E-state index contributed by atoms with van der Waals surface area (Å²) in [5.74, 6) is 1.32. The molecule has 1 unspecified atom stereocenters. The minimum atomic E-state index is 0.389. The van der Waals surface area contributed by atoms with Crippen molar-refractivity contribution in [1.82, 2.24) is 0 Å². The normalized spacial score (nSPS) is 17.6. The average molecular weight is 233 g/mol. The summed E-state index contributed by atoms with van der Waals surface area (Å²) in [7, 11) is 0. The van der Waals surface area contributed by atoms with Crippen LogP contribution in [-0.4, -0.2) is 11.1 Å². The quantitative estimate of drug-likeness (QED) is 0.770. The van der Waals surface area contributed by atoms with Crippen molar-refractivity contribution < 1.29 is 5.11 Å². The molecule has 94 valence electrons. The molecule has 17 heavy (non-hydrogen) atoms. The summed E-state index contributed by atoms with van der Waals surface area (Å²) >= 11 is 0. The largest absolute Gasteiger partial charge is 0.508 e. The van der Waals surface area contributed by atoms with Gasteiger partial charge < -0.3 is 10.4 Å². The van der Waals surface area contributed by atoms with Gasteiger partial charge in [-0.2, -0.15) is 0 Å². The zero-order chi connectivity index (χ0) is 12.4. The second kappa shape index (κ2) is 4.99. The topological polar surface area (TPSA) is 32.3 Å². The number of nitrogens with one attached hydrogen (secondary N) is 1. The number of hydrogen-bond acceptors (Lipinski definition) is 2. The van der Waals surface area contributed by atoms with Crippen molar-refractivity contribution in [2.75, 3.05) is 5.32 Å². The van der Waals surface area contributed by atoms with Crippen LogP contribution < -0.4 is 5.32 Å². The standard InChI is InChI=1S/C15H23NO/c1-10-8-15(17)11(2)7-14(10)16-12(3)9-13-5-4-6-13/h7-8,12-13,16-17H,4-6,9H2,1-3H3. The predicted molar refractivity (Wildman–Crippen MR) is 72.6 cm³/mol. The summed E-state index contributed by atoms with van der Waals surface area (Å²) in [4.78, 5) is 0. The average Bonchev–Trinajstić information content (AvgIpc) is 2.20. The summed E-state index contributed by atoms with van der Waals surface area (Å²) in [5, 5.41) is 13.2. The van der Waals surface area contributed by atoms with Gasteiger partial charge in [0.05, 0.1) is 0 Å². The highest BCUT2D eigenvalue weighted by Gasteiger charge is 2.20. The van der Waals surface area contributed by atoms with Crippen LogP contribution in [0.25, 0.3) is 0 Å². The van der Waals surface area contributed by atoms with E-state index >= 15 is 0 Å². The Hall–Kier alpha value is -1.18. The number of anilines is 1. The summed E-state index contributed by atoms with van der Waals surface area (Å²) in [5.41, 5.74) is 3.22. The molecule has 2 heteroatoms. The van der Waals surface area contributed by atoms with E-state index in [0.29, 0.717) is 11.8 Å². The van der Waals surface area contributed by atoms with E-state index < -0.39 is 0 Å². The molecule has 1 aliphatic carbocycles. The molecule has 1 aliphatic rings. The van der Waals surface area contributed by atoms with Crippen LogP contribution in [-0.2, 0) is 0 Å². The van der Waals surface area contributed by atoms with Gasteiger partial charge in [0.25, 0.3) is 0 Å². The van der Waals surface area contributed by atoms with Crippen molar-refractivity contribution in [1.29, 1.82) is 0 Å². The van der Waals surface area contributed by atoms with E-state index in [4.69, 9.17) is 0 Å². The first kappa shape index (κ1) is 12.3. The highest BCUT2D eigenvalue weighted by atomic mass is 16.3. The van der Waals surface area contributed by atoms with Crippen LogP contribution in [0.5, 0.6) is 5.75 Å². The van der Waals surface area contributed by atoms with E-state index in [1.54, 1.807) is 0 Å². The van der Waals surface area contributed by atoms with Gasteiger partial charge in [0.15, 0.2) is 0 Å². The van der Waals surface area contributed by atoms with Crippen molar-refractivity contribution in [3.8, 4) is 5.75 Å². The molecular weight excluding hydrogens is 210 g/mol. The first-order chi connectivity index (χ1) is 8.06. The molecule has 0 aliphatic heterocycles. The lowest BCUT2D eigenvalue weighted by Gasteiger charge is -2.29. The lowest BCUT2D eigenvalue weighted by Crippen LogP contribution is -2.23. The van der Waals surface area contributed by atoms with Gasteiger partial charge in [-0.3, -0.25) is 0 Å². The Labute approximate surface area is 104 Å². The van der Waals surface area contributed by atoms with Crippen LogP contribution >= 0.6 is 0 Å². The Morgan fingerprint density at radius 2 is 2.00 bits per heavy atom. The van der Waals surface area contributed by atoms with Crippen LogP contribution in [0.4, 0.5) is 5.69 Å². The molecule has 2 N–H and O–H groups in total. The Balaban J connectivity index is 1.99. The second-order valence-corrected chi connectivity index (χ2v) is 5.53. The smallest absolute Gasteiger partial charge is 0.118 e. The lowest BCUT2D eigenvalue weighted by atomic mass is 9.81. The first-order valence-electron chi connectivity index (χ1n) is 6.63. The third-order valence-electron chi connectivity index (χ3n) is 3.86. The molecule has 0 bridgehead atoms. The molecule has 0 saturated heterocycles. The van der Waals surface area contributed by atoms with Crippen molar-refractivity contribution >= 4 is 5.69 Å². The fourth-order valence-corrected chi connectivity index (χ4v) is 2.51. The maximum absolute atomic E-state index is 9.62. The lowest BCUT2D eigenvalue weighted by molar-refractivity contribution is 0.286. The van der Waals surface area contributed by atoms with Crippen molar-refractivity contribution in [2.45, 2.75) is 52.5 Å². The monoisotopic (exact) mass is 233 g/mol. The molecule has 1 aromatic rings. The Bertz CT molecular complexity index is 396. The summed E-state index contributed by atoms with van der Waals surface area (Å²) in [6.45, 7) is 6.23. The van der Waals surface area contributed by atoms with E-state index in [-0.39, 0.29) is 0 Å². The van der Waals surface area contributed by atoms with Crippen LogP contribution in [0.2, 0.25) is 0 Å². The maximum atomic E-state index is 9.62. The predicted octanol–water partition coefficient (Wildman–Crippen LogP) is 4.00. The molecule has 0 aromatic heterocycles. The van der Waals surface area contributed by atoms with Crippen LogP contribution in [0.1, 0.15) is 43.7 Å². The fourth-order valence-electron chi connectivity index (χ4n) is 2.51. The molecule has 1 fully saturated rings. The zero-order valence-electron chi connectivity index (χ0n) is 11.1. The molecule has 1 aromatic carbocycles. The molecule has 1 saturated carbocycles. The van der Waals surface area contributed by atoms with Gasteiger partial charge in [-0.25, -0.2) is 0 Å². The minimum Gasteiger partial charge on any atom is -0.508 e. The highest BCUT2D eigenvalue weighted by molar-refractivity contribution is 5.57. The van der Waals surface area contributed by atoms with Gasteiger partial charge in [0.1, 0.15) is 5.75 Å². The number of aromatic hydroxyl groups is 1. The third-order valence-corrected chi connectivity index (χ3v) is 3.86. The summed E-state index contributed by atoms with van der Waals surface area (Å²) in [6.07, 6.45) is 5.48. The molecule has 0 heterocycles. The van der Waals surface area contributed by atoms with Gasteiger partial charge in [-0.1, -0.05) is 19.3 Å². The van der Waals surface area contributed by atoms with Crippen molar-refractivity contribution in [3.05, 3.63) is 23.3 Å². The molecule has 2 nitrogen and oxygen atoms in total. The number of aryl methyl sites for hydroxylation is 2. The SMILES string of the molecule is Cc1cc(NC(C)CC2CCC2)c(C)cc1O. The Kier molecular flexibility index (Phi) is 3.60. The Morgan fingerprint density at radius 1 is 1.29 bits per heavy atom. The summed E-state index contributed by atoms with van der Waals surface area (Å²) in [6, 6.07) is 4.40. The molecular formula is C15H23NO. The van der Waals surface area contributed by atoms with Gasteiger partial charge >= 0.3 is 0 Å². The number of hydrogen-bond donors (Lipinski definition) is 2. The molecule has 0 spiro atoms. The minimum absolute atomic E-state index is 0.389. The highest BCUT2D eigenvalue weighted by Crippen LogP contribution is 2.32. The number of rotatable bonds is 4. The molecule has 0 radical (unpaired) electrons. The second-order valence-electron chi connectivity index (χ2n) is 5.53. The fraction of sp³-hybridized carbons (Fsp3) is 0.600. The van der Waals surface area contributed by atoms with E-state index in [9.17, 15) is 5.11 Å².